The number of hydrogen-bond donors (Lipinski definition) is 1. The first kappa shape index (κ1) is 14.3. The molecule has 0 aromatic heterocycles. The molecule has 1 aromatic rings. The first-order valence-corrected chi connectivity index (χ1v) is 6.75. The molecule has 2 rings (SSSR count). The zero-order valence-corrected chi connectivity index (χ0v) is 11.7. The lowest BCUT2D eigenvalue weighted by atomic mass is 10.1. The molecule has 0 saturated heterocycles. The van der Waals surface area contributed by atoms with Crippen molar-refractivity contribution in [1.29, 1.82) is 0 Å². The lowest BCUT2D eigenvalue weighted by molar-refractivity contribution is -0.383. The van der Waals surface area contributed by atoms with Gasteiger partial charge in [-0.1, -0.05) is 0 Å². The Hall–Kier alpha value is -2.11. The van der Waals surface area contributed by atoms with Crippen molar-refractivity contribution in [3.05, 3.63) is 33.9 Å². The number of nitrogens with zero attached hydrogens (tertiary/aromatic N) is 2. The fourth-order valence-electron chi connectivity index (χ4n) is 2.11. The highest BCUT2D eigenvalue weighted by atomic mass is 16.6. The molecule has 0 aliphatic heterocycles. The lowest BCUT2D eigenvalue weighted by Gasteiger charge is -2.27. The first-order valence-electron chi connectivity index (χ1n) is 6.75. The van der Waals surface area contributed by atoms with E-state index in [4.69, 9.17) is 5.73 Å². The largest absolute Gasteiger partial charge is 0.393 e. The van der Waals surface area contributed by atoms with Crippen LogP contribution < -0.4 is 5.73 Å². The van der Waals surface area contributed by atoms with Crippen molar-refractivity contribution in [2.75, 3.05) is 12.3 Å². The Bertz CT molecular complexity index is 538. The van der Waals surface area contributed by atoms with Crippen LogP contribution >= 0.6 is 0 Å². The minimum atomic E-state index is -0.563. The Morgan fingerprint density at radius 2 is 2.15 bits per heavy atom. The third-order valence-electron chi connectivity index (χ3n) is 3.51. The van der Waals surface area contributed by atoms with E-state index in [1.54, 1.807) is 11.0 Å². The number of rotatable bonds is 5. The number of hydrogen-bond acceptors (Lipinski definition) is 4. The number of benzene rings is 1. The second kappa shape index (κ2) is 5.48. The van der Waals surface area contributed by atoms with Gasteiger partial charge in [0.05, 0.1) is 4.92 Å². The first-order chi connectivity index (χ1) is 9.40. The summed E-state index contributed by atoms with van der Waals surface area (Å²) in [7, 11) is 0. The SMILES string of the molecule is CC(C)N(CC1CC1)C(=O)c1ccc(N)c([N+](=O)[O-])c1. The van der Waals surface area contributed by atoms with Gasteiger partial charge in [0.2, 0.25) is 0 Å². The van der Waals surface area contributed by atoms with Crippen LogP contribution in [0.3, 0.4) is 0 Å². The van der Waals surface area contributed by atoms with Gasteiger partial charge in [-0.05, 0) is 44.7 Å². The molecule has 0 spiro atoms. The Kier molecular flexibility index (Phi) is 3.92. The van der Waals surface area contributed by atoms with E-state index in [0.717, 1.165) is 12.8 Å². The standard InChI is InChI=1S/C14H19N3O3/c1-9(2)16(8-10-3-4-10)14(18)11-5-6-12(15)13(7-11)17(19)20/h5-7,9-10H,3-4,8,15H2,1-2H3. The molecule has 1 aliphatic carbocycles. The van der Waals surface area contributed by atoms with E-state index in [0.29, 0.717) is 18.0 Å². The molecule has 0 bridgehead atoms. The number of nitro benzene ring substituents is 1. The van der Waals surface area contributed by atoms with Crippen molar-refractivity contribution < 1.29 is 9.72 Å². The van der Waals surface area contributed by atoms with Gasteiger partial charge in [0.15, 0.2) is 0 Å². The molecule has 0 unspecified atom stereocenters. The summed E-state index contributed by atoms with van der Waals surface area (Å²) in [5.74, 6) is 0.403. The number of carbonyl (C=O) groups is 1. The van der Waals surface area contributed by atoms with Gasteiger partial charge in [0, 0.05) is 24.2 Å². The van der Waals surface area contributed by atoms with Gasteiger partial charge >= 0.3 is 0 Å². The maximum Gasteiger partial charge on any atom is 0.292 e. The maximum absolute atomic E-state index is 12.5. The number of anilines is 1. The fraction of sp³-hybridized carbons (Fsp3) is 0.500. The smallest absolute Gasteiger partial charge is 0.292 e. The highest BCUT2D eigenvalue weighted by Gasteiger charge is 2.29. The second-order valence-corrected chi connectivity index (χ2v) is 5.53. The van der Waals surface area contributed by atoms with Crippen LogP contribution in [0.5, 0.6) is 0 Å². The molecule has 1 aliphatic rings. The summed E-state index contributed by atoms with van der Waals surface area (Å²) in [4.78, 5) is 24.6. The third-order valence-corrected chi connectivity index (χ3v) is 3.51. The van der Waals surface area contributed by atoms with Crippen molar-refractivity contribution >= 4 is 17.3 Å². The van der Waals surface area contributed by atoms with Crippen LogP contribution in [0, 0.1) is 16.0 Å². The Morgan fingerprint density at radius 1 is 1.50 bits per heavy atom. The molecule has 6 nitrogen and oxygen atoms in total. The van der Waals surface area contributed by atoms with Crippen LogP contribution in [0.1, 0.15) is 37.0 Å². The number of nitrogens with two attached hydrogens (primary N) is 1. The van der Waals surface area contributed by atoms with Gasteiger partial charge in [-0.3, -0.25) is 14.9 Å². The Labute approximate surface area is 117 Å². The molecule has 1 aromatic carbocycles. The molecule has 0 radical (unpaired) electrons. The molecule has 6 heteroatoms. The van der Waals surface area contributed by atoms with Crippen LogP contribution in [0.25, 0.3) is 0 Å². The summed E-state index contributed by atoms with van der Waals surface area (Å²) >= 11 is 0. The number of carbonyl (C=O) groups excluding carboxylic acids is 1. The van der Waals surface area contributed by atoms with E-state index >= 15 is 0 Å². The highest BCUT2D eigenvalue weighted by molar-refractivity contribution is 5.95. The average Bonchev–Trinajstić information content (AvgIpc) is 3.19. The minimum absolute atomic E-state index is 0.0692. The van der Waals surface area contributed by atoms with Crippen molar-refractivity contribution in [3.63, 3.8) is 0 Å². The summed E-state index contributed by atoms with van der Waals surface area (Å²) in [6, 6.07) is 4.30. The van der Waals surface area contributed by atoms with E-state index in [1.807, 2.05) is 13.8 Å². The van der Waals surface area contributed by atoms with Gasteiger partial charge in [-0.15, -0.1) is 0 Å². The van der Waals surface area contributed by atoms with Gasteiger partial charge in [-0.2, -0.15) is 0 Å². The fourth-order valence-corrected chi connectivity index (χ4v) is 2.11. The summed E-state index contributed by atoms with van der Waals surface area (Å²) in [6.07, 6.45) is 2.30. The Morgan fingerprint density at radius 3 is 2.65 bits per heavy atom. The van der Waals surface area contributed by atoms with Gasteiger partial charge in [0.1, 0.15) is 5.69 Å². The summed E-state index contributed by atoms with van der Waals surface area (Å²) in [5.41, 5.74) is 5.73. The molecule has 108 valence electrons. The monoisotopic (exact) mass is 277 g/mol. The van der Waals surface area contributed by atoms with Crippen molar-refractivity contribution in [2.24, 2.45) is 5.92 Å². The molecule has 1 amide bonds. The number of nitrogen functional groups attached to an aromatic ring is 1. The lowest BCUT2D eigenvalue weighted by Crippen LogP contribution is -2.38. The predicted octanol–water partition coefficient (Wildman–Crippen LogP) is 2.44. The normalized spacial score (nSPS) is 14.3. The molecule has 0 heterocycles. The average molecular weight is 277 g/mol. The zero-order valence-electron chi connectivity index (χ0n) is 11.7. The van der Waals surface area contributed by atoms with E-state index in [-0.39, 0.29) is 23.3 Å². The molecule has 0 atom stereocenters. The summed E-state index contributed by atoms with van der Waals surface area (Å²) in [5, 5.41) is 10.9. The van der Waals surface area contributed by atoms with Crippen LogP contribution in [0.15, 0.2) is 18.2 Å². The van der Waals surface area contributed by atoms with Crippen LogP contribution in [0.2, 0.25) is 0 Å². The minimum Gasteiger partial charge on any atom is -0.393 e. The quantitative estimate of drug-likeness (QED) is 0.508. The zero-order chi connectivity index (χ0) is 14.9. The summed E-state index contributed by atoms with van der Waals surface area (Å²) in [6.45, 7) is 4.62. The third kappa shape index (κ3) is 3.07. The van der Waals surface area contributed by atoms with E-state index in [9.17, 15) is 14.9 Å². The second-order valence-electron chi connectivity index (χ2n) is 5.53. The number of nitro groups is 1. The van der Waals surface area contributed by atoms with E-state index in [2.05, 4.69) is 0 Å². The number of amides is 1. The van der Waals surface area contributed by atoms with Crippen LogP contribution in [-0.4, -0.2) is 28.3 Å². The molecule has 2 N–H and O–H groups in total. The van der Waals surface area contributed by atoms with Crippen molar-refractivity contribution in [3.8, 4) is 0 Å². The topological polar surface area (TPSA) is 89.5 Å². The van der Waals surface area contributed by atoms with Gasteiger partial charge < -0.3 is 10.6 Å². The van der Waals surface area contributed by atoms with Crippen LogP contribution in [0.4, 0.5) is 11.4 Å². The van der Waals surface area contributed by atoms with Gasteiger partial charge in [-0.25, -0.2) is 0 Å². The van der Waals surface area contributed by atoms with Crippen LogP contribution in [-0.2, 0) is 0 Å². The predicted molar refractivity (Wildman–Crippen MR) is 76.4 cm³/mol. The maximum atomic E-state index is 12.5. The van der Waals surface area contributed by atoms with Gasteiger partial charge in [0.25, 0.3) is 11.6 Å². The molecular formula is C14H19N3O3. The molecule has 1 fully saturated rings. The molecule has 1 saturated carbocycles. The van der Waals surface area contributed by atoms with E-state index in [1.165, 1.54) is 12.1 Å². The molecular weight excluding hydrogens is 258 g/mol. The van der Waals surface area contributed by atoms with Crippen molar-refractivity contribution in [2.45, 2.75) is 32.7 Å². The molecule has 20 heavy (non-hydrogen) atoms. The Balaban J connectivity index is 2.26. The highest BCUT2D eigenvalue weighted by Crippen LogP contribution is 2.31. The van der Waals surface area contributed by atoms with Crippen molar-refractivity contribution in [1.82, 2.24) is 4.90 Å². The van der Waals surface area contributed by atoms with E-state index < -0.39 is 4.92 Å². The summed E-state index contributed by atoms with van der Waals surface area (Å²) < 4.78 is 0.